The number of nitrogens with one attached hydrogen (secondary N) is 12. The summed E-state index contributed by atoms with van der Waals surface area (Å²) in [5, 5.41) is 90.0. The number of unbranched alkanes of at least 4 members (excludes halogenated alkanes) is 1. The number of hydrogen-bond acceptors (Lipinski definition) is 23. The average molecular weight is 1450 g/mol. The monoisotopic (exact) mass is 1450 g/mol. The molecule has 12 amide bonds. The molecule has 0 saturated carbocycles. The Bertz CT molecular complexity index is 2730. The third-order valence-corrected chi connectivity index (χ3v) is 16.5. The van der Waals surface area contributed by atoms with E-state index in [4.69, 9.17) is 22.9 Å². The topological polar surface area (TPSA) is 621 Å². The number of carboxylic acid groups (broad SMARTS) is 2. The minimum atomic E-state index is -1.92. The van der Waals surface area contributed by atoms with Crippen molar-refractivity contribution in [1.29, 1.82) is 0 Å². The molecule has 0 aromatic carbocycles. The van der Waals surface area contributed by atoms with Crippen LogP contribution < -0.4 is 86.7 Å². The van der Waals surface area contributed by atoms with Crippen molar-refractivity contribution >= 4 is 114 Å². The quantitative estimate of drug-likeness (QED) is 0.0116. The average Bonchev–Trinajstić information content (AvgIpc) is 0.865. The smallest absolute Gasteiger partial charge is 0.326 e. The molecule has 566 valence electrons. The van der Waals surface area contributed by atoms with Gasteiger partial charge >= 0.3 is 11.9 Å². The maximum atomic E-state index is 14.1. The maximum absolute atomic E-state index is 14.1. The molecular weight excluding hydrogens is 1340 g/mol. The van der Waals surface area contributed by atoms with Gasteiger partial charge in [-0.15, -0.1) is 0 Å². The first-order chi connectivity index (χ1) is 46.2. The highest BCUT2D eigenvalue weighted by atomic mass is 32.1. The largest absolute Gasteiger partial charge is 0.481 e. The van der Waals surface area contributed by atoms with E-state index in [9.17, 15) is 97.8 Å². The normalized spacial score (nSPS) is 16.8. The van der Waals surface area contributed by atoms with Crippen LogP contribution in [0.25, 0.3) is 0 Å². The van der Waals surface area contributed by atoms with Crippen molar-refractivity contribution in [2.24, 2.45) is 51.6 Å². The van der Waals surface area contributed by atoms with Crippen LogP contribution in [0.3, 0.4) is 0 Å². The standard InChI is InChI=1S/C60H109N17O20S2/c1-12-28(7)41(62)53(90)68-36(22-40(82)83)49(86)75-45(31(10)80)57(94)70-37(23-78)50(87)71-38(24-98)51(88)73-42(27(5)6)54(91)72-39(25-99)52(89)77-44(30(9)79)56(93)69-35(21-26(3)4)48(85)76-46(32(11)81)58(95)74-43(29(8)13-2)55(92)66-33(17-14-15-19-61)47(84)67-34(59(96)97)18-16-20-65-60(63)64/h26-39,41-46,78-81,98-99H,12-25,61-62H2,1-11H3,(H,66,92)(H,67,84)(H,68,90)(H,69,93)(H,70,94)(H,71,87)(H,72,91)(H,73,88)(H,74,95)(H,75,86)(H,76,85)(H,77,89)(H,82,83)(H,96,97)(H4,63,64,65)/t28-,29-,30+,31+,32+,33-,34-,35-,36-,37-,38-,39-,41-,42-,43-,44-,45-,46-/m0/s1. The van der Waals surface area contributed by atoms with Gasteiger partial charge in [-0.25, -0.2) is 4.79 Å². The first-order valence-corrected chi connectivity index (χ1v) is 33.9. The van der Waals surface area contributed by atoms with Crippen molar-refractivity contribution in [3.05, 3.63) is 0 Å². The molecule has 26 N–H and O–H groups in total. The van der Waals surface area contributed by atoms with E-state index in [0.29, 0.717) is 19.3 Å². The van der Waals surface area contributed by atoms with Crippen LogP contribution in [0.1, 0.15) is 134 Å². The summed E-state index contributed by atoms with van der Waals surface area (Å²) in [6.45, 7) is 15.6. The third-order valence-electron chi connectivity index (χ3n) is 15.7. The third kappa shape index (κ3) is 32.9. The Labute approximate surface area is 586 Å². The summed E-state index contributed by atoms with van der Waals surface area (Å²) in [4.78, 5) is 192. The zero-order valence-corrected chi connectivity index (χ0v) is 59.8. The van der Waals surface area contributed by atoms with Crippen LogP contribution >= 0.6 is 25.3 Å². The van der Waals surface area contributed by atoms with Gasteiger partial charge < -0.3 is 117 Å². The van der Waals surface area contributed by atoms with Crippen LogP contribution in [0.5, 0.6) is 0 Å². The Kier molecular flexibility index (Phi) is 43.0. The zero-order valence-electron chi connectivity index (χ0n) is 58.0. The van der Waals surface area contributed by atoms with Crippen LogP contribution in [0.15, 0.2) is 4.99 Å². The molecule has 0 aliphatic carbocycles. The number of rotatable bonds is 48. The van der Waals surface area contributed by atoms with Gasteiger partial charge in [0, 0.05) is 18.1 Å². The lowest BCUT2D eigenvalue weighted by Gasteiger charge is -2.31. The van der Waals surface area contributed by atoms with Gasteiger partial charge in [0.25, 0.3) is 0 Å². The molecule has 37 nitrogen and oxygen atoms in total. The second-order valence-corrected chi connectivity index (χ2v) is 25.7. The maximum Gasteiger partial charge on any atom is 0.326 e. The lowest BCUT2D eigenvalue weighted by molar-refractivity contribution is -0.143. The molecule has 0 spiro atoms. The van der Waals surface area contributed by atoms with Crippen LogP contribution in [0, 0.1) is 23.7 Å². The Hall–Kier alpha value is -7.69. The van der Waals surface area contributed by atoms with E-state index in [1.165, 1.54) is 13.8 Å². The molecule has 18 atom stereocenters. The number of aliphatic hydroxyl groups excluding tert-OH is 4. The highest BCUT2D eigenvalue weighted by Gasteiger charge is 2.40. The van der Waals surface area contributed by atoms with Crippen LogP contribution in [0.2, 0.25) is 0 Å². The molecule has 0 saturated heterocycles. The van der Waals surface area contributed by atoms with Crippen molar-refractivity contribution in [3.63, 3.8) is 0 Å². The second-order valence-electron chi connectivity index (χ2n) is 25.0. The van der Waals surface area contributed by atoms with Gasteiger partial charge in [0.2, 0.25) is 70.9 Å². The first-order valence-electron chi connectivity index (χ1n) is 32.7. The molecule has 0 fully saturated rings. The molecule has 0 aliphatic heterocycles. The number of carbonyl (C=O) groups excluding carboxylic acids is 12. The van der Waals surface area contributed by atoms with Crippen LogP contribution in [-0.4, -0.2) is 247 Å². The minimum absolute atomic E-state index is 0.0129. The molecular formula is C60H109N17O20S2. The van der Waals surface area contributed by atoms with Crippen molar-refractivity contribution in [2.45, 2.75) is 231 Å². The molecule has 0 heterocycles. The number of thiol groups is 2. The van der Waals surface area contributed by atoms with Gasteiger partial charge in [-0.3, -0.25) is 67.3 Å². The fourth-order valence-electron chi connectivity index (χ4n) is 9.27. The van der Waals surface area contributed by atoms with E-state index >= 15 is 0 Å². The van der Waals surface area contributed by atoms with E-state index in [0.717, 1.165) is 20.8 Å². The van der Waals surface area contributed by atoms with Crippen molar-refractivity contribution in [1.82, 2.24) is 63.8 Å². The van der Waals surface area contributed by atoms with E-state index in [1.54, 1.807) is 41.5 Å². The lowest BCUT2D eigenvalue weighted by atomic mass is 9.96. The zero-order chi connectivity index (χ0) is 76.3. The fraction of sp³-hybridized carbons (Fsp3) is 0.750. The molecule has 0 unspecified atom stereocenters. The van der Waals surface area contributed by atoms with Gasteiger partial charge in [-0.1, -0.05) is 68.2 Å². The number of aliphatic hydroxyl groups is 4. The summed E-state index contributed by atoms with van der Waals surface area (Å²) in [7, 11) is 0. The summed E-state index contributed by atoms with van der Waals surface area (Å²) >= 11 is 8.32. The number of hydrogen-bond donors (Lipinski definition) is 24. The van der Waals surface area contributed by atoms with Gasteiger partial charge in [0.1, 0.15) is 72.5 Å². The summed E-state index contributed by atoms with van der Waals surface area (Å²) in [6, 6.07) is -20.7. The highest BCUT2D eigenvalue weighted by molar-refractivity contribution is 7.80. The predicted octanol–water partition coefficient (Wildman–Crippen LogP) is -7.34. The second kappa shape index (κ2) is 46.6. The van der Waals surface area contributed by atoms with E-state index < -0.39 is 216 Å². The minimum Gasteiger partial charge on any atom is -0.481 e. The number of nitrogens with two attached hydrogens (primary N) is 4. The molecule has 0 aromatic rings. The SMILES string of the molecule is CC[C@H](C)[C@H](N)C(=O)N[C@@H](CC(=O)O)C(=O)N[C@H](C(=O)N[C@@H](CO)C(=O)N[C@@H](CS)C(=O)N[C@H](C(=O)N[C@@H](CS)C(=O)N[C@H](C(=O)N[C@@H](CC(C)C)C(=O)N[C@H](C(=O)N[C@H](C(=O)N[C@@H](CCCCN)C(=O)N[C@@H](CCCN=C(N)N)C(=O)O)[C@@H](C)CC)[C@@H](C)O)[C@@H](C)O)C(C)C)[C@@H](C)O. The van der Waals surface area contributed by atoms with E-state index in [2.05, 4.69) is 94.1 Å². The number of aliphatic imine (C=N–C) groups is 1. The van der Waals surface area contributed by atoms with Crippen molar-refractivity contribution < 1.29 is 97.8 Å². The van der Waals surface area contributed by atoms with E-state index in [-0.39, 0.29) is 63.0 Å². The number of carbonyl (C=O) groups is 14. The lowest BCUT2D eigenvalue weighted by Crippen LogP contribution is -2.64. The number of nitrogens with zero attached hydrogens (tertiary/aromatic N) is 1. The Morgan fingerprint density at radius 3 is 1.19 bits per heavy atom. The molecule has 99 heavy (non-hydrogen) atoms. The van der Waals surface area contributed by atoms with Crippen molar-refractivity contribution in [2.75, 3.05) is 31.2 Å². The summed E-state index contributed by atoms with van der Waals surface area (Å²) in [5.41, 5.74) is 22.3. The summed E-state index contributed by atoms with van der Waals surface area (Å²) in [6.07, 6.45) is -4.56. The number of aliphatic carboxylic acids is 2. The van der Waals surface area contributed by atoms with Gasteiger partial charge in [0.15, 0.2) is 5.96 Å². The van der Waals surface area contributed by atoms with Gasteiger partial charge in [-0.05, 0) is 89.5 Å². The Morgan fingerprint density at radius 2 is 0.778 bits per heavy atom. The number of carboxylic acids is 2. The predicted molar refractivity (Wildman–Crippen MR) is 367 cm³/mol. The summed E-state index contributed by atoms with van der Waals surface area (Å²) in [5.74, 6) is -18.9. The van der Waals surface area contributed by atoms with Crippen LogP contribution in [0.4, 0.5) is 0 Å². The Morgan fingerprint density at radius 1 is 0.424 bits per heavy atom. The molecule has 39 heteroatoms. The van der Waals surface area contributed by atoms with Gasteiger partial charge in [0.05, 0.1) is 37.4 Å². The molecule has 0 aromatic heterocycles. The molecule has 0 bridgehead atoms. The highest BCUT2D eigenvalue weighted by Crippen LogP contribution is 2.15. The molecule has 0 radical (unpaired) electrons. The number of guanidine groups is 1. The summed E-state index contributed by atoms with van der Waals surface area (Å²) < 4.78 is 0. The first kappa shape index (κ1) is 91.3. The van der Waals surface area contributed by atoms with Crippen LogP contribution in [-0.2, 0) is 67.1 Å². The fourth-order valence-corrected chi connectivity index (χ4v) is 9.79. The van der Waals surface area contributed by atoms with Crippen molar-refractivity contribution in [3.8, 4) is 0 Å². The van der Waals surface area contributed by atoms with Gasteiger partial charge in [-0.2, -0.15) is 25.3 Å². The van der Waals surface area contributed by atoms with E-state index in [1.807, 2.05) is 0 Å². The molecule has 0 rings (SSSR count). The molecule has 0 aliphatic rings. The Balaban J connectivity index is 6.48. The number of amides is 12.